The van der Waals surface area contributed by atoms with Crippen LogP contribution in [0.25, 0.3) is 0 Å². The zero-order valence-electron chi connectivity index (χ0n) is 10.8. The van der Waals surface area contributed by atoms with Crippen molar-refractivity contribution in [2.24, 2.45) is 5.92 Å². The lowest BCUT2D eigenvalue weighted by Gasteiger charge is -2.43. The maximum Gasteiger partial charge on any atom is 0.273 e. The highest BCUT2D eigenvalue weighted by molar-refractivity contribution is 7.14. The van der Waals surface area contributed by atoms with Gasteiger partial charge in [0, 0.05) is 24.9 Å². The molecule has 1 fully saturated rings. The molecule has 5 nitrogen and oxygen atoms in total. The maximum atomic E-state index is 12.2. The van der Waals surface area contributed by atoms with Gasteiger partial charge in [0.25, 0.3) is 5.91 Å². The van der Waals surface area contributed by atoms with Crippen LogP contribution in [-0.4, -0.2) is 34.3 Å². The number of anilines is 1. The molecule has 1 aliphatic rings. The van der Waals surface area contributed by atoms with Gasteiger partial charge in [-0.05, 0) is 12.3 Å². The van der Waals surface area contributed by atoms with Crippen LogP contribution >= 0.6 is 11.3 Å². The molecule has 6 heteroatoms. The third-order valence-corrected chi connectivity index (χ3v) is 3.86. The largest absolute Gasteiger partial charge is 0.334 e. The molecule has 18 heavy (non-hydrogen) atoms. The molecule has 1 aliphatic heterocycles. The lowest BCUT2D eigenvalue weighted by molar-refractivity contribution is -0.114. The van der Waals surface area contributed by atoms with Crippen LogP contribution in [0.1, 0.15) is 37.7 Å². The van der Waals surface area contributed by atoms with E-state index in [-0.39, 0.29) is 11.8 Å². The Kier molecular flexibility index (Phi) is 3.65. The smallest absolute Gasteiger partial charge is 0.273 e. The Morgan fingerprint density at radius 3 is 2.78 bits per heavy atom. The van der Waals surface area contributed by atoms with E-state index >= 15 is 0 Å². The number of hydrogen-bond donors (Lipinski definition) is 1. The third kappa shape index (κ3) is 2.53. The van der Waals surface area contributed by atoms with E-state index in [0.29, 0.717) is 22.8 Å². The van der Waals surface area contributed by atoms with Crippen molar-refractivity contribution in [3.8, 4) is 0 Å². The van der Waals surface area contributed by atoms with Crippen molar-refractivity contribution >= 4 is 28.3 Å². The Morgan fingerprint density at radius 1 is 1.56 bits per heavy atom. The van der Waals surface area contributed by atoms with Crippen LogP contribution in [0.15, 0.2) is 5.38 Å². The van der Waals surface area contributed by atoms with Gasteiger partial charge in [-0.15, -0.1) is 11.3 Å². The van der Waals surface area contributed by atoms with Gasteiger partial charge in [-0.2, -0.15) is 0 Å². The molecule has 1 aromatic heterocycles. The Bertz CT molecular complexity index is 470. The van der Waals surface area contributed by atoms with Gasteiger partial charge in [0.1, 0.15) is 5.69 Å². The summed E-state index contributed by atoms with van der Waals surface area (Å²) in [5, 5.41) is 4.76. The first kappa shape index (κ1) is 13.0. The topological polar surface area (TPSA) is 62.3 Å². The number of likely N-dealkylation sites (tertiary alicyclic amines) is 1. The number of nitrogens with one attached hydrogen (secondary N) is 1. The predicted octanol–water partition coefficient (Wildman–Crippen LogP) is 1.97. The number of carbonyl (C=O) groups excluding carboxylic acids is 2. The summed E-state index contributed by atoms with van der Waals surface area (Å²) in [7, 11) is 0. The minimum absolute atomic E-state index is 0.0344. The van der Waals surface area contributed by atoms with Crippen LogP contribution in [0, 0.1) is 5.92 Å². The highest BCUT2D eigenvalue weighted by Crippen LogP contribution is 2.27. The first-order valence-electron chi connectivity index (χ1n) is 6.03. The molecule has 2 heterocycles. The van der Waals surface area contributed by atoms with Gasteiger partial charge >= 0.3 is 0 Å². The van der Waals surface area contributed by atoms with Crippen molar-refractivity contribution in [1.29, 1.82) is 0 Å². The minimum Gasteiger partial charge on any atom is -0.334 e. The van der Waals surface area contributed by atoms with Gasteiger partial charge < -0.3 is 10.2 Å². The van der Waals surface area contributed by atoms with E-state index < -0.39 is 0 Å². The Morgan fingerprint density at radius 2 is 2.28 bits per heavy atom. The highest BCUT2D eigenvalue weighted by Gasteiger charge is 2.35. The van der Waals surface area contributed by atoms with Crippen LogP contribution in [0.2, 0.25) is 0 Å². The van der Waals surface area contributed by atoms with E-state index in [1.807, 2.05) is 4.90 Å². The first-order chi connectivity index (χ1) is 8.49. The Labute approximate surface area is 110 Å². The number of aromatic nitrogens is 1. The van der Waals surface area contributed by atoms with Gasteiger partial charge in [-0.25, -0.2) is 4.98 Å². The molecule has 1 N–H and O–H groups in total. The summed E-state index contributed by atoms with van der Waals surface area (Å²) in [6, 6.07) is 0.323. The van der Waals surface area contributed by atoms with E-state index in [0.717, 1.165) is 13.0 Å². The molecule has 0 spiro atoms. The second-order valence-corrected chi connectivity index (χ2v) is 5.68. The summed E-state index contributed by atoms with van der Waals surface area (Å²) in [6.45, 7) is 6.46. The number of hydrogen-bond acceptors (Lipinski definition) is 4. The molecule has 1 aromatic rings. The van der Waals surface area contributed by atoms with Crippen molar-refractivity contribution in [1.82, 2.24) is 9.88 Å². The number of nitrogens with zero attached hydrogens (tertiary/aromatic N) is 2. The van der Waals surface area contributed by atoms with E-state index in [2.05, 4.69) is 24.1 Å². The van der Waals surface area contributed by atoms with Gasteiger partial charge in [0.15, 0.2) is 5.13 Å². The molecule has 0 bridgehead atoms. The number of rotatable bonds is 3. The monoisotopic (exact) mass is 267 g/mol. The summed E-state index contributed by atoms with van der Waals surface area (Å²) in [5.74, 6) is 0.260. The van der Waals surface area contributed by atoms with Gasteiger partial charge in [-0.3, -0.25) is 9.59 Å². The molecule has 98 valence electrons. The van der Waals surface area contributed by atoms with Crippen molar-refractivity contribution in [3.05, 3.63) is 11.1 Å². The average molecular weight is 267 g/mol. The van der Waals surface area contributed by atoms with Crippen molar-refractivity contribution in [2.45, 2.75) is 33.2 Å². The number of carbonyl (C=O) groups is 2. The standard InChI is InChI=1S/C12H17N3O2S/c1-7(2)10-4-5-15(10)11(17)9-6-18-12(14-9)13-8(3)16/h6-7,10H,4-5H2,1-3H3,(H,13,14,16). The fourth-order valence-corrected chi connectivity index (χ4v) is 2.81. The van der Waals surface area contributed by atoms with E-state index in [1.165, 1.54) is 18.3 Å². The molecule has 2 rings (SSSR count). The Hall–Kier alpha value is -1.43. The van der Waals surface area contributed by atoms with Crippen LogP contribution in [0.5, 0.6) is 0 Å². The molecule has 1 saturated heterocycles. The van der Waals surface area contributed by atoms with Crippen molar-refractivity contribution < 1.29 is 9.59 Å². The first-order valence-corrected chi connectivity index (χ1v) is 6.91. The van der Waals surface area contributed by atoms with Crippen LogP contribution < -0.4 is 5.32 Å². The zero-order chi connectivity index (χ0) is 13.3. The maximum absolute atomic E-state index is 12.2. The van der Waals surface area contributed by atoms with Crippen molar-refractivity contribution in [2.75, 3.05) is 11.9 Å². The summed E-state index contributed by atoms with van der Waals surface area (Å²) in [5.41, 5.74) is 0.425. The summed E-state index contributed by atoms with van der Waals surface area (Å²) >= 11 is 1.28. The van der Waals surface area contributed by atoms with Gasteiger partial charge in [-0.1, -0.05) is 13.8 Å². The second kappa shape index (κ2) is 5.06. The molecule has 1 unspecified atom stereocenters. The lowest BCUT2D eigenvalue weighted by Crippen LogP contribution is -2.53. The number of amides is 2. The lowest BCUT2D eigenvalue weighted by atomic mass is 9.91. The third-order valence-electron chi connectivity index (χ3n) is 3.10. The zero-order valence-corrected chi connectivity index (χ0v) is 11.6. The molecular formula is C12H17N3O2S. The quantitative estimate of drug-likeness (QED) is 0.910. The molecule has 0 saturated carbocycles. The fourth-order valence-electron chi connectivity index (χ4n) is 2.08. The fraction of sp³-hybridized carbons (Fsp3) is 0.583. The summed E-state index contributed by atoms with van der Waals surface area (Å²) in [4.78, 5) is 29.1. The van der Waals surface area contributed by atoms with Crippen LogP contribution in [0.4, 0.5) is 5.13 Å². The molecule has 1 atom stereocenters. The SMILES string of the molecule is CC(=O)Nc1nc(C(=O)N2CCC2C(C)C)cs1. The van der Waals surface area contributed by atoms with Crippen LogP contribution in [0.3, 0.4) is 0 Å². The summed E-state index contributed by atoms with van der Waals surface area (Å²) < 4.78 is 0. The van der Waals surface area contributed by atoms with E-state index in [1.54, 1.807) is 5.38 Å². The molecule has 0 aromatic carbocycles. The second-order valence-electron chi connectivity index (χ2n) is 4.82. The van der Waals surface area contributed by atoms with E-state index in [9.17, 15) is 9.59 Å². The highest BCUT2D eigenvalue weighted by atomic mass is 32.1. The average Bonchev–Trinajstić information content (AvgIpc) is 2.62. The summed E-state index contributed by atoms with van der Waals surface area (Å²) in [6.07, 6.45) is 1.06. The molecular weight excluding hydrogens is 250 g/mol. The van der Waals surface area contributed by atoms with E-state index in [4.69, 9.17) is 0 Å². The Balaban J connectivity index is 2.05. The normalized spacial score (nSPS) is 18.7. The van der Waals surface area contributed by atoms with Crippen LogP contribution in [-0.2, 0) is 4.79 Å². The molecule has 0 radical (unpaired) electrons. The van der Waals surface area contributed by atoms with Gasteiger partial charge in [0.05, 0.1) is 0 Å². The minimum atomic E-state index is -0.174. The molecule has 0 aliphatic carbocycles. The van der Waals surface area contributed by atoms with Crippen molar-refractivity contribution in [3.63, 3.8) is 0 Å². The molecule has 2 amide bonds. The number of thiazole rings is 1. The van der Waals surface area contributed by atoms with Gasteiger partial charge in [0.2, 0.25) is 5.91 Å². The predicted molar refractivity (Wildman–Crippen MR) is 70.7 cm³/mol.